The molecular weight excluding hydrogens is 388 g/mol. The van der Waals surface area contributed by atoms with Gasteiger partial charge in [-0.2, -0.15) is 10.2 Å². The first-order chi connectivity index (χ1) is 13.5. The molecule has 0 unspecified atom stereocenters. The Morgan fingerprint density at radius 3 is 2.79 bits per heavy atom. The summed E-state index contributed by atoms with van der Waals surface area (Å²) in [5.41, 5.74) is 1.37. The quantitative estimate of drug-likeness (QED) is 0.639. The van der Waals surface area contributed by atoms with Gasteiger partial charge in [0.15, 0.2) is 5.82 Å². The lowest BCUT2D eigenvalue weighted by Crippen LogP contribution is -2.21. The summed E-state index contributed by atoms with van der Waals surface area (Å²) in [6.07, 6.45) is 0.955. The molecule has 0 bridgehead atoms. The number of hydrogen-bond acceptors (Lipinski definition) is 3. The normalized spacial score (nSPS) is 13.9. The second-order valence-corrected chi connectivity index (χ2v) is 7.24. The molecule has 1 N–H and O–H groups in total. The van der Waals surface area contributed by atoms with Gasteiger partial charge in [0.25, 0.3) is 6.43 Å². The zero-order chi connectivity index (χ0) is 19.7. The van der Waals surface area contributed by atoms with Crippen LogP contribution >= 0.6 is 11.6 Å². The van der Waals surface area contributed by atoms with Crippen molar-refractivity contribution in [1.29, 1.82) is 0 Å². The van der Waals surface area contributed by atoms with Crippen LogP contribution in [0.25, 0.3) is 0 Å². The largest absolute Gasteiger partial charge is 0.308 e. The molecule has 2 aromatic heterocycles. The van der Waals surface area contributed by atoms with Crippen molar-refractivity contribution in [2.45, 2.75) is 38.3 Å². The van der Waals surface area contributed by atoms with E-state index in [1.165, 1.54) is 6.07 Å². The maximum atomic E-state index is 13.2. The molecule has 0 saturated heterocycles. The van der Waals surface area contributed by atoms with Crippen molar-refractivity contribution in [1.82, 2.24) is 19.6 Å². The van der Waals surface area contributed by atoms with Gasteiger partial charge < -0.3 is 5.32 Å². The number of carbonyl (C=O) groups is 1. The summed E-state index contributed by atoms with van der Waals surface area (Å²) in [5.74, 6) is 0.129. The van der Waals surface area contributed by atoms with Crippen LogP contribution in [0.2, 0.25) is 5.02 Å². The molecule has 1 aromatic carbocycles. The van der Waals surface area contributed by atoms with Crippen LogP contribution in [0.1, 0.15) is 42.1 Å². The fraction of sp³-hybridized carbons (Fsp3) is 0.316. The Balaban J connectivity index is 1.40. The zero-order valence-electron chi connectivity index (χ0n) is 14.9. The number of nitrogens with one attached hydrogen (secondary N) is 1. The Morgan fingerprint density at radius 2 is 2.07 bits per heavy atom. The number of anilines is 1. The lowest BCUT2D eigenvalue weighted by atomic mass is 10.2. The van der Waals surface area contributed by atoms with Gasteiger partial charge in [0, 0.05) is 23.2 Å². The van der Waals surface area contributed by atoms with E-state index in [0.29, 0.717) is 23.1 Å². The van der Waals surface area contributed by atoms with Crippen LogP contribution < -0.4 is 5.32 Å². The van der Waals surface area contributed by atoms with E-state index in [1.807, 2.05) is 18.2 Å². The fourth-order valence-electron chi connectivity index (χ4n) is 2.99. The molecule has 0 radical (unpaired) electrons. The van der Waals surface area contributed by atoms with E-state index in [9.17, 15) is 13.6 Å². The summed E-state index contributed by atoms with van der Waals surface area (Å²) in [5, 5.41) is 11.7. The van der Waals surface area contributed by atoms with Crippen LogP contribution in [-0.2, 0) is 17.9 Å². The van der Waals surface area contributed by atoms with Crippen LogP contribution in [0.3, 0.4) is 0 Å². The predicted octanol–water partition coefficient (Wildman–Crippen LogP) is 4.24. The second-order valence-electron chi connectivity index (χ2n) is 6.80. The number of carbonyl (C=O) groups excluding carboxylic acids is 1. The molecule has 1 amide bonds. The Hall–Kier alpha value is -2.74. The number of rotatable bonds is 7. The van der Waals surface area contributed by atoms with E-state index >= 15 is 0 Å². The van der Waals surface area contributed by atoms with Crippen LogP contribution in [0.4, 0.5) is 14.6 Å². The first-order valence-electron chi connectivity index (χ1n) is 8.91. The minimum absolute atomic E-state index is 0.233. The second kappa shape index (κ2) is 7.71. The van der Waals surface area contributed by atoms with E-state index in [0.717, 1.165) is 23.1 Å². The molecule has 1 fully saturated rings. The van der Waals surface area contributed by atoms with Crippen molar-refractivity contribution in [2.75, 3.05) is 5.32 Å². The van der Waals surface area contributed by atoms with Gasteiger partial charge in [-0.3, -0.25) is 14.2 Å². The van der Waals surface area contributed by atoms with Gasteiger partial charge in [0.05, 0.1) is 12.2 Å². The molecule has 0 spiro atoms. The standard InChI is InChI=1S/C19H18ClF2N5O/c20-14-3-1-2-12(8-14)10-26-7-6-17(25-26)23-18(28)11-27-16(19(21)22)9-15(24-27)13-4-5-13/h1-3,6-9,13,19H,4-5,10-11H2,(H,23,25,28). The molecule has 146 valence electrons. The third kappa shape index (κ3) is 4.39. The topological polar surface area (TPSA) is 64.7 Å². The molecule has 6 nitrogen and oxygen atoms in total. The lowest BCUT2D eigenvalue weighted by Gasteiger charge is -2.06. The average Bonchev–Trinajstić information content (AvgIpc) is 3.26. The van der Waals surface area contributed by atoms with Crippen molar-refractivity contribution in [3.05, 3.63) is 64.6 Å². The first-order valence-corrected chi connectivity index (χ1v) is 9.29. The highest BCUT2D eigenvalue weighted by atomic mass is 35.5. The number of aromatic nitrogens is 4. The third-order valence-electron chi connectivity index (χ3n) is 4.48. The van der Waals surface area contributed by atoms with E-state index in [2.05, 4.69) is 15.5 Å². The number of amides is 1. The smallest absolute Gasteiger partial charge is 0.280 e. The Labute approximate surface area is 165 Å². The molecule has 2 heterocycles. The van der Waals surface area contributed by atoms with Crippen molar-refractivity contribution in [3.8, 4) is 0 Å². The third-order valence-corrected chi connectivity index (χ3v) is 4.72. The predicted molar refractivity (Wildman–Crippen MR) is 101 cm³/mol. The highest BCUT2D eigenvalue weighted by Gasteiger charge is 2.29. The molecule has 0 aliphatic heterocycles. The molecule has 1 aliphatic carbocycles. The highest BCUT2D eigenvalue weighted by molar-refractivity contribution is 6.30. The summed E-state index contributed by atoms with van der Waals surface area (Å²) < 4.78 is 29.2. The molecule has 1 saturated carbocycles. The van der Waals surface area contributed by atoms with Gasteiger partial charge >= 0.3 is 0 Å². The van der Waals surface area contributed by atoms with Crippen molar-refractivity contribution >= 4 is 23.3 Å². The van der Waals surface area contributed by atoms with Crippen molar-refractivity contribution in [2.24, 2.45) is 0 Å². The molecule has 9 heteroatoms. The van der Waals surface area contributed by atoms with Gasteiger partial charge in [0.2, 0.25) is 5.91 Å². The van der Waals surface area contributed by atoms with Gasteiger partial charge in [0.1, 0.15) is 12.2 Å². The number of alkyl halides is 2. The van der Waals surface area contributed by atoms with Gasteiger partial charge in [-0.25, -0.2) is 8.78 Å². The minimum Gasteiger partial charge on any atom is -0.308 e. The van der Waals surface area contributed by atoms with E-state index in [4.69, 9.17) is 11.6 Å². The summed E-state index contributed by atoms with van der Waals surface area (Å²) in [6, 6.07) is 10.4. The number of nitrogens with zero attached hydrogens (tertiary/aromatic N) is 4. The van der Waals surface area contributed by atoms with Crippen LogP contribution in [0, 0.1) is 0 Å². The van der Waals surface area contributed by atoms with Crippen molar-refractivity contribution in [3.63, 3.8) is 0 Å². The molecule has 0 atom stereocenters. The number of benzene rings is 1. The first kappa shape index (κ1) is 18.6. The molecule has 4 rings (SSSR count). The van der Waals surface area contributed by atoms with Crippen LogP contribution in [0.15, 0.2) is 42.6 Å². The monoisotopic (exact) mass is 405 g/mol. The molecule has 28 heavy (non-hydrogen) atoms. The summed E-state index contributed by atoms with van der Waals surface area (Å²) in [6.45, 7) is 0.212. The molecular formula is C19H18ClF2N5O. The zero-order valence-corrected chi connectivity index (χ0v) is 15.6. The number of halogens is 3. The van der Waals surface area contributed by atoms with Crippen molar-refractivity contribution < 1.29 is 13.6 Å². The summed E-state index contributed by atoms with van der Waals surface area (Å²) >= 11 is 5.97. The van der Waals surface area contributed by atoms with E-state index < -0.39 is 12.3 Å². The Bertz CT molecular complexity index is 996. The van der Waals surface area contributed by atoms with Gasteiger partial charge in [-0.05, 0) is 36.6 Å². The summed E-state index contributed by atoms with van der Waals surface area (Å²) in [4.78, 5) is 12.3. The molecule has 3 aromatic rings. The van der Waals surface area contributed by atoms with Crippen LogP contribution in [0.5, 0.6) is 0 Å². The maximum Gasteiger partial charge on any atom is 0.280 e. The molecule has 1 aliphatic rings. The summed E-state index contributed by atoms with van der Waals surface area (Å²) in [7, 11) is 0. The Morgan fingerprint density at radius 1 is 1.25 bits per heavy atom. The van der Waals surface area contributed by atoms with Gasteiger partial charge in [-0.15, -0.1) is 0 Å². The van der Waals surface area contributed by atoms with E-state index in [1.54, 1.807) is 23.0 Å². The minimum atomic E-state index is -2.68. The fourth-order valence-corrected chi connectivity index (χ4v) is 3.20. The maximum absolute atomic E-state index is 13.2. The lowest BCUT2D eigenvalue weighted by molar-refractivity contribution is -0.117. The highest BCUT2D eigenvalue weighted by Crippen LogP contribution is 2.40. The van der Waals surface area contributed by atoms with E-state index in [-0.39, 0.29) is 18.2 Å². The van der Waals surface area contributed by atoms with Crippen LogP contribution in [-0.4, -0.2) is 25.5 Å². The number of hydrogen-bond donors (Lipinski definition) is 1. The van der Waals surface area contributed by atoms with Gasteiger partial charge in [-0.1, -0.05) is 23.7 Å². The Kier molecular flexibility index (Phi) is 5.13. The average molecular weight is 406 g/mol. The SMILES string of the molecule is O=C(Cn1nc(C2CC2)cc1C(F)F)Nc1ccn(Cc2cccc(Cl)c2)n1.